The molecule has 0 bridgehead atoms. The topological polar surface area (TPSA) is 151 Å². The van der Waals surface area contributed by atoms with Crippen LogP contribution < -0.4 is 10.6 Å². The molecular formula is C22H30N2O8. The summed E-state index contributed by atoms with van der Waals surface area (Å²) in [5.74, 6) is -3.50. The van der Waals surface area contributed by atoms with Crippen LogP contribution in [0.25, 0.3) is 0 Å². The molecule has 10 nitrogen and oxygen atoms in total. The molecule has 2 rings (SSSR count). The molecule has 1 heterocycles. The van der Waals surface area contributed by atoms with Crippen molar-refractivity contribution in [1.29, 1.82) is 0 Å². The van der Waals surface area contributed by atoms with Gasteiger partial charge in [0.1, 0.15) is 18.3 Å². The number of aromatic hydroxyl groups is 1. The van der Waals surface area contributed by atoms with Crippen LogP contribution in [0.4, 0.5) is 5.69 Å². The van der Waals surface area contributed by atoms with Crippen LogP contribution >= 0.6 is 0 Å². The highest BCUT2D eigenvalue weighted by atomic mass is 16.6. The number of rotatable bonds is 7. The molecule has 0 aliphatic carbocycles. The number of benzene rings is 1. The summed E-state index contributed by atoms with van der Waals surface area (Å²) in [6.45, 7) is 6.86. The second kappa shape index (κ2) is 10.9. The van der Waals surface area contributed by atoms with Crippen LogP contribution in [0, 0.1) is 11.8 Å². The molecule has 1 fully saturated rings. The predicted molar refractivity (Wildman–Crippen MR) is 114 cm³/mol. The number of ether oxygens (including phenoxy) is 2. The van der Waals surface area contributed by atoms with E-state index in [1.807, 2.05) is 13.8 Å². The molecule has 0 aromatic heterocycles. The van der Waals surface area contributed by atoms with Gasteiger partial charge in [0.25, 0.3) is 5.91 Å². The Morgan fingerprint density at radius 3 is 2.44 bits per heavy atom. The van der Waals surface area contributed by atoms with Crippen molar-refractivity contribution < 1.29 is 38.9 Å². The fraction of sp³-hybridized carbons (Fsp3) is 0.545. The number of carbonyl (C=O) groups excluding carboxylic acids is 4. The van der Waals surface area contributed by atoms with Crippen molar-refractivity contribution in [3.05, 3.63) is 23.8 Å². The van der Waals surface area contributed by atoms with Crippen LogP contribution in [0.5, 0.6) is 5.75 Å². The van der Waals surface area contributed by atoms with Crippen molar-refractivity contribution in [2.75, 3.05) is 5.32 Å². The minimum Gasteiger partial charge on any atom is -0.505 e. The van der Waals surface area contributed by atoms with Crippen molar-refractivity contribution in [2.24, 2.45) is 11.8 Å². The summed E-state index contributed by atoms with van der Waals surface area (Å²) >= 11 is 0. The molecule has 0 unspecified atom stereocenters. The van der Waals surface area contributed by atoms with E-state index in [1.165, 1.54) is 32.0 Å². The smallest absolute Gasteiger partial charge is 0.332 e. The van der Waals surface area contributed by atoms with Gasteiger partial charge in [-0.15, -0.1) is 0 Å². The number of hydrogen-bond donors (Lipinski definition) is 4. The van der Waals surface area contributed by atoms with Gasteiger partial charge in [0.2, 0.25) is 6.41 Å². The lowest BCUT2D eigenvalue weighted by Crippen LogP contribution is -2.50. The molecule has 176 valence electrons. The molecule has 1 aliphatic heterocycles. The van der Waals surface area contributed by atoms with Crippen molar-refractivity contribution in [1.82, 2.24) is 5.32 Å². The third kappa shape index (κ3) is 5.97. The minimum atomic E-state index is -1.38. The summed E-state index contributed by atoms with van der Waals surface area (Å²) in [5, 5.41) is 25.5. The first-order valence-corrected chi connectivity index (χ1v) is 10.5. The number of phenolic OH excluding ortho intramolecular Hbond substituents is 1. The van der Waals surface area contributed by atoms with Crippen molar-refractivity contribution in [2.45, 2.75) is 64.9 Å². The van der Waals surface area contributed by atoms with Gasteiger partial charge < -0.3 is 30.3 Å². The number of cyclic esters (lactones) is 2. The molecule has 0 spiro atoms. The molecule has 10 heteroatoms. The zero-order valence-electron chi connectivity index (χ0n) is 18.5. The highest BCUT2D eigenvalue weighted by Gasteiger charge is 2.41. The molecule has 32 heavy (non-hydrogen) atoms. The van der Waals surface area contributed by atoms with Gasteiger partial charge >= 0.3 is 11.9 Å². The fourth-order valence-corrected chi connectivity index (χ4v) is 3.43. The van der Waals surface area contributed by atoms with Gasteiger partial charge in [0.05, 0.1) is 17.2 Å². The summed E-state index contributed by atoms with van der Waals surface area (Å²) < 4.78 is 10.7. The molecule has 0 radical (unpaired) electrons. The van der Waals surface area contributed by atoms with Gasteiger partial charge in [0.15, 0.2) is 11.8 Å². The molecule has 5 atom stereocenters. The largest absolute Gasteiger partial charge is 0.505 e. The quantitative estimate of drug-likeness (QED) is 0.276. The first kappa shape index (κ1) is 25.1. The number of amides is 2. The van der Waals surface area contributed by atoms with Gasteiger partial charge in [-0.25, -0.2) is 4.79 Å². The number of carbonyl (C=O) groups is 4. The Hall–Kier alpha value is -3.14. The predicted octanol–water partition coefficient (Wildman–Crippen LogP) is 1.35. The lowest BCUT2D eigenvalue weighted by Gasteiger charge is -2.25. The zero-order valence-corrected chi connectivity index (χ0v) is 18.5. The van der Waals surface area contributed by atoms with E-state index < -0.39 is 53.9 Å². The number of nitrogens with one attached hydrogen (secondary N) is 2. The van der Waals surface area contributed by atoms with Crippen LogP contribution in [0.15, 0.2) is 18.2 Å². The summed E-state index contributed by atoms with van der Waals surface area (Å²) in [6.07, 6.45) is -2.01. The lowest BCUT2D eigenvalue weighted by atomic mass is 9.91. The first-order chi connectivity index (χ1) is 15.1. The van der Waals surface area contributed by atoms with Crippen LogP contribution in [0.2, 0.25) is 0 Å². The van der Waals surface area contributed by atoms with Crippen LogP contribution in [0.3, 0.4) is 0 Å². The first-order valence-electron chi connectivity index (χ1n) is 10.5. The lowest BCUT2D eigenvalue weighted by molar-refractivity contribution is -0.160. The maximum atomic E-state index is 12.7. The summed E-state index contributed by atoms with van der Waals surface area (Å²) in [6, 6.07) is 2.74. The van der Waals surface area contributed by atoms with E-state index >= 15 is 0 Å². The molecule has 0 saturated carbocycles. The molecule has 1 saturated heterocycles. The van der Waals surface area contributed by atoms with E-state index in [9.17, 15) is 29.4 Å². The van der Waals surface area contributed by atoms with Crippen LogP contribution in [-0.2, 0) is 23.9 Å². The zero-order chi connectivity index (χ0) is 24.0. The second-order valence-electron chi connectivity index (χ2n) is 8.27. The Bertz CT molecular complexity index is 856. The highest BCUT2D eigenvalue weighted by molar-refractivity contribution is 6.01. The molecule has 1 aliphatic rings. The Labute approximate surface area is 186 Å². The average molecular weight is 450 g/mol. The molecule has 2 amide bonds. The summed E-state index contributed by atoms with van der Waals surface area (Å²) in [7, 11) is 0. The van der Waals surface area contributed by atoms with Crippen LogP contribution in [-0.4, -0.2) is 58.8 Å². The van der Waals surface area contributed by atoms with Crippen molar-refractivity contribution in [3.63, 3.8) is 0 Å². The molecule has 4 N–H and O–H groups in total. The third-order valence-electron chi connectivity index (χ3n) is 5.36. The fourth-order valence-electron chi connectivity index (χ4n) is 3.43. The average Bonchev–Trinajstić information content (AvgIpc) is 2.74. The summed E-state index contributed by atoms with van der Waals surface area (Å²) in [5.41, 5.74) is -0.195. The van der Waals surface area contributed by atoms with E-state index in [1.54, 1.807) is 0 Å². The Kier molecular flexibility index (Phi) is 8.59. The normalized spacial score (nSPS) is 26.2. The van der Waals surface area contributed by atoms with E-state index in [2.05, 4.69) is 10.6 Å². The van der Waals surface area contributed by atoms with Crippen LogP contribution in [0.1, 0.15) is 50.9 Å². The van der Waals surface area contributed by atoms with Gasteiger partial charge in [0, 0.05) is 0 Å². The number of para-hydroxylation sites is 1. The Balaban J connectivity index is 2.26. The number of aliphatic hydroxyl groups excluding tert-OH is 1. The standard InChI is InChI=1S/C22H30N2O8/c1-11(2)8-9-15-18(26)13(4)32-22(30)17(12(3)31-21(15)29)24-20(28)14-6-5-7-16(19(14)27)23-10-25/h5-7,10-13,15,17-18,26-27H,8-9H2,1-4H3,(H,23,25)(H,24,28)/t12-,13+,15-,17-,18+/m0/s1. The number of phenols is 1. The van der Waals surface area contributed by atoms with Gasteiger partial charge in [-0.3, -0.25) is 14.4 Å². The minimum absolute atomic E-state index is 0.00825. The molecule has 1 aromatic carbocycles. The number of anilines is 1. The number of hydrogen-bond acceptors (Lipinski definition) is 8. The molecular weight excluding hydrogens is 420 g/mol. The highest BCUT2D eigenvalue weighted by Crippen LogP contribution is 2.28. The second-order valence-corrected chi connectivity index (χ2v) is 8.27. The third-order valence-corrected chi connectivity index (χ3v) is 5.36. The van der Waals surface area contributed by atoms with Crippen molar-refractivity contribution in [3.8, 4) is 5.75 Å². The maximum absolute atomic E-state index is 12.7. The van der Waals surface area contributed by atoms with E-state index in [4.69, 9.17) is 9.47 Å². The number of esters is 2. The molecule has 1 aromatic rings. The number of aliphatic hydroxyl groups is 1. The SMILES string of the molecule is CC(C)CC[C@@H]1C(=O)O[C@@H](C)[C@H](NC(=O)c2cccc(NC=O)c2O)C(=O)O[C@H](C)[C@H]1O. The van der Waals surface area contributed by atoms with Gasteiger partial charge in [-0.05, 0) is 38.3 Å². The summed E-state index contributed by atoms with van der Waals surface area (Å²) in [4.78, 5) is 48.9. The van der Waals surface area contributed by atoms with Gasteiger partial charge in [-0.2, -0.15) is 0 Å². The van der Waals surface area contributed by atoms with E-state index in [-0.39, 0.29) is 11.3 Å². The van der Waals surface area contributed by atoms with Gasteiger partial charge in [-0.1, -0.05) is 26.3 Å². The van der Waals surface area contributed by atoms with E-state index in [0.29, 0.717) is 25.2 Å². The Morgan fingerprint density at radius 2 is 1.81 bits per heavy atom. The van der Waals surface area contributed by atoms with Crippen molar-refractivity contribution >= 4 is 29.9 Å². The van der Waals surface area contributed by atoms with E-state index in [0.717, 1.165) is 0 Å². The monoisotopic (exact) mass is 450 g/mol. The Morgan fingerprint density at radius 1 is 1.16 bits per heavy atom. The maximum Gasteiger partial charge on any atom is 0.332 e.